The van der Waals surface area contributed by atoms with E-state index in [1.165, 1.54) is 0 Å². The lowest BCUT2D eigenvalue weighted by atomic mass is 10.4. The van der Waals surface area contributed by atoms with Crippen LogP contribution in [0.25, 0.3) is 5.52 Å². The Morgan fingerprint density at radius 3 is 3.13 bits per heavy atom. The average molecular weight is 269 g/mol. The largest absolute Gasteiger partial charge is 0.497 e. The van der Waals surface area contributed by atoms with Gasteiger partial charge in [-0.2, -0.15) is 0 Å². The second-order valence-electron chi connectivity index (χ2n) is 3.01. The topological polar surface area (TPSA) is 43.6 Å². The second kappa shape index (κ2) is 4.02. The Balaban J connectivity index is 2.63. The minimum Gasteiger partial charge on any atom is -0.497 e. The maximum Gasteiger partial charge on any atom is 0.132 e. The summed E-state index contributed by atoms with van der Waals surface area (Å²) in [6, 6.07) is 3.70. The molecular formula is C10H9BrN2O2. The van der Waals surface area contributed by atoms with E-state index >= 15 is 0 Å². The molecule has 0 radical (unpaired) electrons. The van der Waals surface area contributed by atoms with Crippen LogP contribution in [0.4, 0.5) is 0 Å². The number of hydrogen-bond donors (Lipinski definition) is 0. The maximum absolute atomic E-state index is 10.5. The Bertz CT molecular complexity index is 507. The van der Waals surface area contributed by atoms with E-state index in [2.05, 4.69) is 20.9 Å². The van der Waals surface area contributed by atoms with E-state index in [0.717, 1.165) is 28.0 Å². The van der Waals surface area contributed by atoms with Crippen LogP contribution in [0.2, 0.25) is 0 Å². The fourth-order valence-electron chi connectivity index (χ4n) is 1.43. The number of rotatable bonds is 3. The Hall–Kier alpha value is -1.36. The van der Waals surface area contributed by atoms with Crippen molar-refractivity contribution in [1.29, 1.82) is 0 Å². The Kier molecular flexibility index (Phi) is 2.73. The van der Waals surface area contributed by atoms with Crippen molar-refractivity contribution in [1.82, 2.24) is 9.38 Å². The van der Waals surface area contributed by atoms with E-state index < -0.39 is 0 Å². The molecular weight excluding hydrogens is 260 g/mol. The molecule has 0 N–H and O–H groups in total. The first kappa shape index (κ1) is 10.2. The number of methoxy groups -OCH3 is 1. The number of carbonyl (C=O) groups is 1. The highest BCUT2D eigenvalue weighted by Crippen LogP contribution is 2.23. The Morgan fingerprint density at radius 1 is 1.67 bits per heavy atom. The number of aldehydes is 1. The van der Waals surface area contributed by atoms with Crippen molar-refractivity contribution in [2.75, 3.05) is 7.11 Å². The van der Waals surface area contributed by atoms with E-state index in [9.17, 15) is 4.79 Å². The van der Waals surface area contributed by atoms with Gasteiger partial charge in [0.1, 0.15) is 22.5 Å². The summed E-state index contributed by atoms with van der Waals surface area (Å²) in [7, 11) is 1.61. The van der Waals surface area contributed by atoms with Gasteiger partial charge in [-0.1, -0.05) is 0 Å². The molecule has 0 saturated carbocycles. The number of carbonyl (C=O) groups excluding carboxylic acids is 1. The lowest BCUT2D eigenvalue weighted by molar-refractivity contribution is -0.107. The summed E-state index contributed by atoms with van der Waals surface area (Å²) < 4.78 is 7.70. The van der Waals surface area contributed by atoms with Gasteiger partial charge in [0.15, 0.2) is 0 Å². The van der Waals surface area contributed by atoms with Gasteiger partial charge in [-0.15, -0.1) is 0 Å². The molecule has 0 fully saturated rings. The van der Waals surface area contributed by atoms with Crippen LogP contribution in [0.5, 0.6) is 5.75 Å². The summed E-state index contributed by atoms with van der Waals surface area (Å²) >= 11 is 3.35. The molecule has 0 unspecified atom stereocenters. The van der Waals surface area contributed by atoms with E-state index in [-0.39, 0.29) is 0 Å². The smallest absolute Gasteiger partial charge is 0.132 e. The first-order valence-electron chi connectivity index (χ1n) is 4.40. The van der Waals surface area contributed by atoms with E-state index in [1.807, 2.05) is 22.7 Å². The van der Waals surface area contributed by atoms with Gasteiger partial charge in [-0.05, 0) is 22.0 Å². The standard InChI is InChI=1S/C10H9BrN2O2/c1-15-7-2-4-13-8(6-7)10(11)12-9(13)3-5-14/h2,4-6H,3H2,1H3. The van der Waals surface area contributed by atoms with Gasteiger partial charge in [-0.25, -0.2) is 4.98 Å². The Labute approximate surface area is 95.0 Å². The Morgan fingerprint density at radius 2 is 2.47 bits per heavy atom. The first-order valence-corrected chi connectivity index (χ1v) is 5.19. The number of pyridine rings is 1. The van der Waals surface area contributed by atoms with E-state index in [0.29, 0.717) is 6.42 Å². The molecule has 2 heterocycles. The molecule has 2 aromatic rings. The zero-order valence-electron chi connectivity index (χ0n) is 8.11. The fourth-order valence-corrected chi connectivity index (χ4v) is 1.94. The molecule has 2 rings (SSSR count). The zero-order valence-corrected chi connectivity index (χ0v) is 9.69. The number of ether oxygens (including phenoxy) is 1. The number of fused-ring (bicyclic) bond motifs is 1. The lowest BCUT2D eigenvalue weighted by Crippen LogP contribution is -1.95. The SMILES string of the molecule is COc1ccn2c(CC=O)nc(Br)c2c1. The van der Waals surface area contributed by atoms with E-state index in [1.54, 1.807) is 7.11 Å². The first-order chi connectivity index (χ1) is 7.26. The summed E-state index contributed by atoms with van der Waals surface area (Å²) in [4.78, 5) is 14.7. The van der Waals surface area contributed by atoms with Crippen LogP contribution < -0.4 is 4.74 Å². The van der Waals surface area contributed by atoms with Crippen molar-refractivity contribution < 1.29 is 9.53 Å². The summed E-state index contributed by atoms with van der Waals surface area (Å²) in [6.07, 6.45) is 2.98. The normalized spacial score (nSPS) is 10.5. The highest BCUT2D eigenvalue weighted by Gasteiger charge is 2.08. The predicted octanol–water partition coefficient (Wildman–Crippen LogP) is 1.85. The molecule has 2 aromatic heterocycles. The van der Waals surface area contributed by atoms with Crippen molar-refractivity contribution >= 4 is 27.7 Å². The van der Waals surface area contributed by atoms with Gasteiger partial charge in [0, 0.05) is 12.3 Å². The zero-order chi connectivity index (χ0) is 10.8. The molecule has 4 nitrogen and oxygen atoms in total. The van der Waals surface area contributed by atoms with Crippen LogP contribution in [0.3, 0.4) is 0 Å². The maximum atomic E-state index is 10.5. The summed E-state index contributed by atoms with van der Waals surface area (Å²) in [5.74, 6) is 1.48. The van der Waals surface area contributed by atoms with Crippen molar-refractivity contribution in [3.05, 3.63) is 28.8 Å². The molecule has 0 saturated heterocycles. The number of imidazole rings is 1. The molecule has 0 aliphatic heterocycles. The number of hydrogen-bond acceptors (Lipinski definition) is 3. The second-order valence-corrected chi connectivity index (χ2v) is 3.76. The van der Waals surface area contributed by atoms with Gasteiger partial charge < -0.3 is 13.9 Å². The number of nitrogens with zero attached hydrogens (tertiary/aromatic N) is 2. The van der Waals surface area contributed by atoms with Crippen LogP contribution in [-0.4, -0.2) is 22.8 Å². The van der Waals surface area contributed by atoms with Crippen LogP contribution in [0.1, 0.15) is 5.82 Å². The summed E-state index contributed by atoms with van der Waals surface area (Å²) in [5, 5.41) is 0. The highest BCUT2D eigenvalue weighted by molar-refractivity contribution is 9.10. The molecule has 0 aliphatic carbocycles. The third kappa shape index (κ3) is 1.74. The summed E-state index contributed by atoms with van der Waals surface area (Å²) in [6.45, 7) is 0. The van der Waals surface area contributed by atoms with Crippen LogP contribution >= 0.6 is 15.9 Å². The van der Waals surface area contributed by atoms with Crippen molar-refractivity contribution in [2.24, 2.45) is 0 Å². The number of aromatic nitrogens is 2. The molecule has 15 heavy (non-hydrogen) atoms. The quantitative estimate of drug-likeness (QED) is 0.798. The molecule has 0 amide bonds. The third-order valence-electron chi connectivity index (χ3n) is 2.14. The van der Waals surface area contributed by atoms with Crippen molar-refractivity contribution in [3.8, 4) is 5.75 Å². The monoisotopic (exact) mass is 268 g/mol. The lowest BCUT2D eigenvalue weighted by Gasteiger charge is -2.01. The third-order valence-corrected chi connectivity index (χ3v) is 2.73. The highest BCUT2D eigenvalue weighted by atomic mass is 79.9. The van der Waals surface area contributed by atoms with Crippen LogP contribution in [0.15, 0.2) is 22.9 Å². The minimum absolute atomic E-state index is 0.305. The van der Waals surface area contributed by atoms with Crippen molar-refractivity contribution in [2.45, 2.75) is 6.42 Å². The molecule has 5 heteroatoms. The molecule has 0 atom stereocenters. The minimum atomic E-state index is 0.305. The molecule has 0 aromatic carbocycles. The molecule has 0 spiro atoms. The molecule has 78 valence electrons. The molecule has 0 aliphatic rings. The fraction of sp³-hybridized carbons (Fsp3) is 0.200. The van der Waals surface area contributed by atoms with Gasteiger partial charge in [0.05, 0.1) is 19.0 Å². The van der Waals surface area contributed by atoms with Crippen LogP contribution in [0, 0.1) is 0 Å². The molecule has 0 bridgehead atoms. The van der Waals surface area contributed by atoms with E-state index in [4.69, 9.17) is 4.74 Å². The van der Waals surface area contributed by atoms with Crippen molar-refractivity contribution in [3.63, 3.8) is 0 Å². The van der Waals surface area contributed by atoms with Gasteiger partial charge in [0.25, 0.3) is 0 Å². The van der Waals surface area contributed by atoms with Gasteiger partial charge >= 0.3 is 0 Å². The van der Waals surface area contributed by atoms with Crippen LogP contribution in [-0.2, 0) is 11.2 Å². The van der Waals surface area contributed by atoms with Gasteiger partial charge in [-0.3, -0.25) is 0 Å². The predicted molar refractivity (Wildman–Crippen MR) is 59.2 cm³/mol. The number of halogens is 1. The average Bonchev–Trinajstić information content (AvgIpc) is 2.56. The summed E-state index contributed by atoms with van der Waals surface area (Å²) in [5.41, 5.74) is 0.895. The van der Waals surface area contributed by atoms with Gasteiger partial charge in [0.2, 0.25) is 0 Å².